The molecule has 1 unspecified atom stereocenters. The molecule has 4 heteroatoms. The van der Waals surface area contributed by atoms with Crippen LogP contribution in [0.15, 0.2) is 18.3 Å². The van der Waals surface area contributed by atoms with Crippen LogP contribution in [0.1, 0.15) is 45.6 Å². The molecule has 0 amide bonds. The Bertz CT molecular complexity index is 629. The number of aromatic nitrogens is 2. The molecular formula is C18H28N4. The summed E-state index contributed by atoms with van der Waals surface area (Å²) in [5, 5.41) is 3.64. The predicted octanol–water partition coefficient (Wildman–Crippen LogP) is 3.51. The van der Waals surface area contributed by atoms with E-state index in [1.54, 1.807) is 0 Å². The number of aromatic amines is 1. The fraction of sp³-hybridized carbons (Fsp3) is 0.611. The van der Waals surface area contributed by atoms with Gasteiger partial charge in [0.05, 0.1) is 11.0 Å². The molecule has 1 saturated heterocycles. The number of piperazine rings is 1. The van der Waals surface area contributed by atoms with E-state index in [0.717, 1.165) is 42.4 Å². The summed E-state index contributed by atoms with van der Waals surface area (Å²) in [5.41, 5.74) is 3.58. The van der Waals surface area contributed by atoms with Crippen molar-refractivity contribution in [3.05, 3.63) is 23.9 Å². The summed E-state index contributed by atoms with van der Waals surface area (Å²) in [4.78, 5) is 10.7. The molecule has 3 heterocycles. The topological polar surface area (TPSA) is 44.0 Å². The highest BCUT2D eigenvalue weighted by atomic mass is 15.2. The number of hydrogen-bond acceptors (Lipinski definition) is 3. The van der Waals surface area contributed by atoms with E-state index in [1.165, 1.54) is 12.0 Å². The first-order valence-corrected chi connectivity index (χ1v) is 8.51. The van der Waals surface area contributed by atoms with Crippen molar-refractivity contribution in [2.45, 2.75) is 46.1 Å². The van der Waals surface area contributed by atoms with Crippen molar-refractivity contribution in [2.24, 2.45) is 5.92 Å². The van der Waals surface area contributed by atoms with Crippen LogP contribution in [0.2, 0.25) is 0 Å². The second-order valence-electron chi connectivity index (χ2n) is 7.19. The third-order valence-electron chi connectivity index (χ3n) is 4.49. The molecule has 2 aromatic rings. The Morgan fingerprint density at radius 3 is 2.82 bits per heavy atom. The molecule has 1 aliphatic rings. The van der Waals surface area contributed by atoms with Gasteiger partial charge in [0.25, 0.3) is 0 Å². The van der Waals surface area contributed by atoms with Crippen LogP contribution >= 0.6 is 0 Å². The fourth-order valence-corrected chi connectivity index (χ4v) is 3.39. The largest absolute Gasteiger partial charge is 0.360 e. The van der Waals surface area contributed by atoms with Gasteiger partial charge in [-0.1, -0.05) is 27.7 Å². The van der Waals surface area contributed by atoms with Crippen molar-refractivity contribution >= 4 is 16.9 Å². The van der Waals surface area contributed by atoms with Crippen LogP contribution in [0.4, 0.5) is 5.82 Å². The van der Waals surface area contributed by atoms with Crippen molar-refractivity contribution in [1.29, 1.82) is 0 Å². The van der Waals surface area contributed by atoms with Crippen LogP contribution in [-0.4, -0.2) is 35.6 Å². The number of nitrogens with zero attached hydrogens (tertiary/aromatic N) is 2. The van der Waals surface area contributed by atoms with Crippen molar-refractivity contribution in [3.8, 4) is 0 Å². The smallest absolute Gasteiger partial charge is 0.129 e. The molecule has 2 aromatic heterocycles. The van der Waals surface area contributed by atoms with Crippen LogP contribution < -0.4 is 10.2 Å². The molecule has 0 radical (unpaired) electrons. The molecule has 4 nitrogen and oxygen atoms in total. The van der Waals surface area contributed by atoms with Crippen LogP contribution in [-0.2, 0) is 0 Å². The quantitative estimate of drug-likeness (QED) is 0.908. The Labute approximate surface area is 133 Å². The first-order chi connectivity index (χ1) is 10.5. The third-order valence-corrected chi connectivity index (χ3v) is 4.49. The maximum atomic E-state index is 4.96. The van der Waals surface area contributed by atoms with Crippen LogP contribution in [0.25, 0.3) is 11.0 Å². The molecule has 120 valence electrons. The van der Waals surface area contributed by atoms with Gasteiger partial charge < -0.3 is 15.2 Å². The minimum absolute atomic E-state index is 0.494. The standard InChI is InChI=1S/C18H28N4/c1-12(2)9-14-11-22(8-7-19-14)17-6-5-16-18(21-17)15(10-20-16)13(3)4/h5-6,10,12-14,19-20H,7-9,11H2,1-4H3. The molecule has 1 aliphatic heterocycles. The Morgan fingerprint density at radius 2 is 2.09 bits per heavy atom. The zero-order valence-corrected chi connectivity index (χ0v) is 14.2. The van der Waals surface area contributed by atoms with Crippen LogP contribution in [0.3, 0.4) is 0 Å². The van der Waals surface area contributed by atoms with Gasteiger partial charge in [-0.05, 0) is 36.0 Å². The summed E-state index contributed by atoms with van der Waals surface area (Å²) < 4.78 is 0. The molecule has 0 aliphatic carbocycles. The molecule has 1 atom stereocenters. The monoisotopic (exact) mass is 300 g/mol. The maximum Gasteiger partial charge on any atom is 0.129 e. The number of hydrogen-bond donors (Lipinski definition) is 2. The number of fused-ring (bicyclic) bond motifs is 1. The zero-order valence-electron chi connectivity index (χ0n) is 14.2. The first kappa shape index (κ1) is 15.3. The minimum atomic E-state index is 0.494. The van der Waals surface area contributed by atoms with Crippen molar-refractivity contribution in [1.82, 2.24) is 15.3 Å². The number of rotatable bonds is 4. The molecule has 0 aromatic carbocycles. The molecule has 2 N–H and O–H groups in total. The van der Waals surface area contributed by atoms with E-state index in [1.807, 2.05) is 0 Å². The lowest BCUT2D eigenvalue weighted by molar-refractivity contribution is 0.387. The highest BCUT2D eigenvalue weighted by Crippen LogP contribution is 2.26. The van der Waals surface area contributed by atoms with Gasteiger partial charge >= 0.3 is 0 Å². The normalized spacial score (nSPS) is 19.5. The molecule has 0 spiro atoms. The Hall–Kier alpha value is -1.55. The van der Waals surface area contributed by atoms with Gasteiger partial charge in [0.1, 0.15) is 5.82 Å². The SMILES string of the molecule is CC(C)CC1CN(c2ccc3[nH]cc(C(C)C)c3n2)CCN1. The number of H-pyrrole nitrogens is 1. The second kappa shape index (κ2) is 6.29. The Kier molecular flexibility index (Phi) is 4.39. The Balaban J connectivity index is 1.84. The average Bonchev–Trinajstić information content (AvgIpc) is 2.90. The van der Waals surface area contributed by atoms with E-state index in [0.29, 0.717) is 12.0 Å². The highest BCUT2D eigenvalue weighted by molar-refractivity contribution is 5.81. The van der Waals surface area contributed by atoms with E-state index in [9.17, 15) is 0 Å². The third kappa shape index (κ3) is 3.12. The van der Waals surface area contributed by atoms with E-state index in [-0.39, 0.29) is 0 Å². The van der Waals surface area contributed by atoms with Crippen LogP contribution in [0, 0.1) is 5.92 Å². The summed E-state index contributed by atoms with van der Waals surface area (Å²) >= 11 is 0. The summed E-state index contributed by atoms with van der Waals surface area (Å²) in [6.07, 6.45) is 3.32. The van der Waals surface area contributed by atoms with Crippen molar-refractivity contribution < 1.29 is 0 Å². The van der Waals surface area contributed by atoms with Gasteiger partial charge in [-0.25, -0.2) is 4.98 Å². The lowest BCUT2D eigenvalue weighted by atomic mass is 10.0. The maximum absolute atomic E-state index is 4.96. The summed E-state index contributed by atoms with van der Waals surface area (Å²) in [7, 11) is 0. The fourth-order valence-electron chi connectivity index (χ4n) is 3.39. The van der Waals surface area contributed by atoms with Gasteiger partial charge in [-0.3, -0.25) is 0 Å². The molecule has 0 saturated carbocycles. The number of pyridine rings is 1. The average molecular weight is 300 g/mol. The molecule has 3 rings (SSSR count). The van der Waals surface area contributed by atoms with Crippen molar-refractivity contribution in [3.63, 3.8) is 0 Å². The van der Waals surface area contributed by atoms with Gasteiger partial charge in [-0.15, -0.1) is 0 Å². The zero-order chi connectivity index (χ0) is 15.7. The van der Waals surface area contributed by atoms with Gasteiger partial charge in [0.2, 0.25) is 0 Å². The van der Waals surface area contributed by atoms with Crippen molar-refractivity contribution in [2.75, 3.05) is 24.5 Å². The summed E-state index contributed by atoms with van der Waals surface area (Å²) in [6.45, 7) is 12.2. The predicted molar refractivity (Wildman–Crippen MR) is 93.6 cm³/mol. The van der Waals surface area contributed by atoms with E-state index >= 15 is 0 Å². The summed E-state index contributed by atoms with van der Waals surface area (Å²) in [5.74, 6) is 2.34. The first-order valence-electron chi connectivity index (χ1n) is 8.51. The lowest BCUT2D eigenvalue weighted by Gasteiger charge is -2.35. The molecule has 0 bridgehead atoms. The van der Waals surface area contributed by atoms with E-state index < -0.39 is 0 Å². The van der Waals surface area contributed by atoms with E-state index in [2.05, 4.69) is 61.2 Å². The molecule has 1 fully saturated rings. The summed E-state index contributed by atoms with van der Waals surface area (Å²) in [6, 6.07) is 4.89. The molecular weight excluding hydrogens is 272 g/mol. The second-order valence-corrected chi connectivity index (χ2v) is 7.19. The lowest BCUT2D eigenvalue weighted by Crippen LogP contribution is -2.51. The van der Waals surface area contributed by atoms with Gasteiger partial charge in [0.15, 0.2) is 0 Å². The van der Waals surface area contributed by atoms with Gasteiger partial charge in [0, 0.05) is 31.9 Å². The van der Waals surface area contributed by atoms with Crippen LogP contribution in [0.5, 0.6) is 0 Å². The van der Waals surface area contributed by atoms with Gasteiger partial charge in [-0.2, -0.15) is 0 Å². The number of anilines is 1. The highest BCUT2D eigenvalue weighted by Gasteiger charge is 2.21. The molecule has 22 heavy (non-hydrogen) atoms. The minimum Gasteiger partial charge on any atom is -0.360 e. The van der Waals surface area contributed by atoms with E-state index in [4.69, 9.17) is 4.98 Å². The number of nitrogens with one attached hydrogen (secondary N) is 2. The Morgan fingerprint density at radius 1 is 1.27 bits per heavy atom.